The van der Waals surface area contributed by atoms with Crippen LogP contribution in [0.1, 0.15) is 48.9 Å². The topological polar surface area (TPSA) is 78.5 Å². The minimum atomic E-state index is -3.64. The number of anilines is 1. The summed E-state index contributed by atoms with van der Waals surface area (Å²) in [7, 11) is -3.64. The largest absolute Gasteiger partial charge is 0.332 e. The third-order valence-corrected chi connectivity index (χ3v) is 7.64. The van der Waals surface area contributed by atoms with Crippen LogP contribution >= 0.6 is 0 Å². The Morgan fingerprint density at radius 2 is 1.63 bits per heavy atom. The molecule has 3 aliphatic rings. The Morgan fingerprint density at radius 3 is 2.15 bits per heavy atom. The zero-order valence-corrected chi connectivity index (χ0v) is 20.4. The number of hydrogen-bond acceptors (Lipinski definition) is 4. The first-order chi connectivity index (χ1) is 12.3. The number of benzene rings is 1. The fourth-order valence-electron chi connectivity index (χ4n) is 4.41. The molecule has 0 atom stereocenters. The van der Waals surface area contributed by atoms with Gasteiger partial charge in [-0.1, -0.05) is 6.07 Å². The molecule has 0 aromatic heterocycles. The first kappa shape index (κ1) is 21.7. The first-order valence-corrected chi connectivity index (χ1v) is 11.1. The van der Waals surface area contributed by atoms with Crippen molar-refractivity contribution < 1.29 is 13.2 Å². The summed E-state index contributed by atoms with van der Waals surface area (Å²) in [5, 5.41) is 2.38. The van der Waals surface area contributed by atoms with Crippen LogP contribution < -0.4 is 10.0 Å². The average molecular weight is 417 g/mol. The van der Waals surface area contributed by atoms with Crippen molar-refractivity contribution in [3.05, 3.63) is 28.3 Å². The van der Waals surface area contributed by atoms with Crippen molar-refractivity contribution in [3.8, 4) is 0 Å². The minimum Gasteiger partial charge on any atom is -0.307 e. The maximum atomic E-state index is 12.5. The predicted octanol–water partition coefficient (Wildman–Crippen LogP) is 1.83. The van der Waals surface area contributed by atoms with E-state index in [0.29, 0.717) is 19.1 Å². The molecular weight excluding hydrogens is 389 g/mol. The summed E-state index contributed by atoms with van der Waals surface area (Å²) >= 11 is 0. The number of fused-ring (bicyclic) bond motifs is 2. The standard InChI is InChI=1S/C19H27N3O3S.K/c1-12(2)22-10-15(11-22)26(24,25)21-19(23)20-18-16-7-3-5-13(16)9-14-6-4-8-17(14)18;/h9,12,15H,3-8,10-11H2,1-2H3,(H2,20,21,23);. The van der Waals surface area contributed by atoms with Crippen LogP contribution in [0.2, 0.25) is 0 Å². The van der Waals surface area contributed by atoms with E-state index in [2.05, 4.69) is 21.0 Å². The van der Waals surface area contributed by atoms with Gasteiger partial charge in [0.15, 0.2) is 0 Å². The predicted molar refractivity (Wildman–Crippen MR) is 108 cm³/mol. The average Bonchev–Trinajstić information content (AvgIpc) is 3.12. The van der Waals surface area contributed by atoms with Gasteiger partial charge < -0.3 is 5.32 Å². The molecule has 0 spiro atoms. The fraction of sp³-hybridized carbons (Fsp3) is 0.632. The van der Waals surface area contributed by atoms with Gasteiger partial charge in [-0.2, -0.15) is 0 Å². The van der Waals surface area contributed by atoms with Crippen LogP contribution in [0.5, 0.6) is 0 Å². The molecule has 1 heterocycles. The molecule has 1 aromatic rings. The summed E-state index contributed by atoms with van der Waals surface area (Å²) in [6.45, 7) is 5.05. The molecule has 0 unspecified atom stereocenters. The van der Waals surface area contributed by atoms with Crippen LogP contribution in [-0.4, -0.2) is 95.1 Å². The third kappa shape index (κ3) is 4.32. The second-order valence-corrected chi connectivity index (χ2v) is 9.97. The van der Waals surface area contributed by atoms with Gasteiger partial charge in [0.25, 0.3) is 0 Å². The Kier molecular flexibility index (Phi) is 6.78. The minimum absolute atomic E-state index is 0. The molecule has 1 radical (unpaired) electrons. The number of rotatable bonds is 4. The van der Waals surface area contributed by atoms with Gasteiger partial charge >= 0.3 is 6.03 Å². The van der Waals surface area contributed by atoms with Crippen molar-refractivity contribution in [2.75, 3.05) is 18.4 Å². The van der Waals surface area contributed by atoms with Crippen LogP contribution in [0.25, 0.3) is 0 Å². The normalized spacial score (nSPS) is 19.2. The molecule has 8 heteroatoms. The fourth-order valence-corrected chi connectivity index (χ4v) is 5.66. The molecule has 27 heavy (non-hydrogen) atoms. The van der Waals surface area contributed by atoms with E-state index in [-0.39, 0.29) is 51.4 Å². The molecule has 143 valence electrons. The monoisotopic (exact) mass is 416 g/mol. The van der Waals surface area contributed by atoms with Gasteiger partial charge in [0.1, 0.15) is 5.25 Å². The Bertz CT molecular complexity index is 816. The van der Waals surface area contributed by atoms with Crippen molar-refractivity contribution in [2.24, 2.45) is 0 Å². The molecule has 1 aromatic carbocycles. The molecule has 2 amide bonds. The number of amides is 2. The molecule has 1 aliphatic heterocycles. The molecule has 4 rings (SSSR count). The zero-order chi connectivity index (χ0) is 18.5. The second kappa shape index (κ2) is 8.42. The summed E-state index contributed by atoms with van der Waals surface area (Å²) in [5.74, 6) is 0. The maximum absolute atomic E-state index is 12.5. The first-order valence-electron chi connectivity index (χ1n) is 9.58. The number of sulfonamides is 1. The van der Waals surface area contributed by atoms with Crippen LogP contribution in [0.15, 0.2) is 6.07 Å². The van der Waals surface area contributed by atoms with Gasteiger partial charge in [0, 0.05) is 76.2 Å². The van der Waals surface area contributed by atoms with E-state index in [4.69, 9.17) is 0 Å². The van der Waals surface area contributed by atoms with Crippen LogP contribution in [0.4, 0.5) is 10.5 Å². The zero-order valence-electron chi connectivity index (χ0n) is 16.5. The van der Waals surface area contributed by atoms with Gasteiger partial charge in [-0.3, -0.25) is 4.90 Å². The van der Waals surface area contributed by atoms with E-state index in [9.17, 15) is 13.2 Å². The molecular formula is C19H27KN3O3S. The Morgan fingerprint density at radius 1 is 1.07 bits per heavy atom. The van der Waals surface area contributed by atoms with E-state index in [1.54, 1.807) is 0 Å². The van der Waals surface area contributed by atoms with Crippen molar-refractivity contribution in [1.29, 1.82) is 0 Å². The second-order valence-electron chi connectivity index (χ2n) is 8.00. The third-order valence-electron chi connectivity index (χ3n) is 5.99. The molecule has 1 saturated heterocycles. The quantitative estimate of drug-likeness (QED) is 0.734. The van der Waals surface area contributed by atoms with Crippen molar-refractivity contribution in [3.63, 3.8) is 0 Å². The summed E-state index contributed by atoms with van der Waals surface area (Å²) in [6, 6.07) is 1.99. The van der Waals surface area contributed by atoms with Gasteiger partial charge in [-0.05, 0) is 74.6 Å². The number of aryl methyl sites for hydroxylation is 2. The van der Waals surface area contributed by atoms with Crippen molar-refractivity contribution >= 4 is 73.1 Å². The van der Waals surface area contributed by atoms with Gasteiger partial charge in [0.05, 0.1) is 0 Å². The number of urea groups is 1. The Balaban J connectivity index is 0.00000210. The summed E-state index contributed by atoms with van der Waals surface area (Å²) < 4.78 is 27.1. The molecule has 6 nitrogen and oxygen atoms in total. The smallest absolute Gasteiger partial charge is 0.307 e. The number of nitrogens with zero attached hydrogens (tertiary/aromatic N) is 1. The summed E-state index contributed by atoms with van der Waals surface area (Å²) in [6.07, 6.45) is 6.20. The molecule has 1 fully saturated rings. The summed E-state index contributed by atoms with van der Waals surface area (Å²) in [5.41, 5.74) is 5.91. The maximum Gasteiger partial charge on any atom is 0.332 e. The number of hydrogen-bond donors (Lipinski definition) is 2. The van der Waals surface area contributed by atoms with Gasteiger partial charge in [-0.25, -0.2) is 17.9 Å². The summed E-state index contributed by atoms with van der Waals surface area (Å²) in [4.78, 5) is 14.6. The number of nitrogens with one attached hydrogen (secondary N) is 2. The Labute approximate surface area is 204 Å². The number of carbonyl (C=O) groups is 1. The van der Waals surface area contributed by atoms with E-state index >= 15 is 0 Å². The number of carbonyl (C=O) groups excluding carboxylic acids is 1. The molecule has 2 N–H and O–H groups in total. The van der Waals surface area contributed by atoms with E-state index < -0.39 is 21.3 Å². The van der Waals surface area contributed by atoms with Crippen LogP contribution in [0.3, 0.4) is 0 Å². The van der Waals surface area contributed by atoms with Crippen molar-refractivity contribution in [2.45, 2.75) is 63.7 Å². The van der Waals surface area contributed by atoms with Gasteiger partial charge in [-0.15, -0.1) is 0 Å². The van der Waals surface area contributed by atoms with Gasteiger partial charge in [0.2, 0.25) is 10.0 Å². The molecule has 2 aliphatic carbocycles. The van der Waals surface area contributed by atoms with E-state index in [1.807, 2.05) is 13.8 Å². The van der Waals surface area contributed by atoms with Crippen LogP contribution in [-0.2, 0) is 35.7 Å². The van der Waals surface area contributed by atoms with Crippen molar-refractivity contribution in [1.82, 2.24) is 9.62 Å². The van der Waals surface area contributed by atoms with Crippen LogP contribution in [0, 0.1) is 0 Å². The number of likely N-dealkylation sites (tertiary alicyclic amines) is 1. The SMILES string of the molecule is CC(C)N1CC(S(=O)(=O)NC(=O)Nc2c3c(cc4c2CCC4)CCC3)C1.[K]. The molecule has 0 saturated carbocycles. The van der Waals surface area contributed by atoms with E-state index in [0.717, 1.165) is 44.2 Å². The Hall–Kier alpha value is 0.0364. The molecule has 0 bridgehead atoms. The van der Waals surface area contributed by atoms with E-state index in [1.165, 1.54) is 22.3 Å².